The molecule has 0 fully saturated rings. The van der Waals surface area contributed by atoms with Crippen LogP contribution in [0.15, 0.2) is 29.2 Å². The Balaban J connectivity index is 3.26. The Labute approximate surface area is 101 Å². The van der Waals surface area contributed by atoms with Crippen LogP contribution in [0.2, 0.25) is 0 Å². The van der Waals surface area contributed by atoms with Gasteiger partial charge in [0, 0.05) is 12.3 Å². The van der Waals surface area contributed by atoms with E-state index in [1.165, 1.54) is 19.3 Å². The molecule has 0 N–H and O–H groups in total. The second kappa shape index (κ2) is 5.14. The highest BCUT2D eigenvalue weighted by Crippen LogP contribution is 2.19. The average Bonchev–Trinajstić information content (AvgIpc) is 2.25. The largest absolute Gasteiger partial charge is 0.466 e. The van der Waals surface area contributed by atoms with E-state index in [9.17, 15) is 13.2 Å². The SMILES string of the molecule is COC(=O)/C=C/c1ccc(C)cc1S(C)(=O)=O. The fourth-order valence-corrected chi connectivity index (χ4v) is 2.29. The Bertz CT molecular complexity index is 556. The number of hydrogen-bond donors (Lipinski definition) is 0. The standard InChI is InChI=1S/C12H14O4S/c1-9-4-5-10(6-7-12(13)16-2)11(8-9)17(3,14)15/h4-8H,1-3H3/b7-6+. The first-order valence-corrected chi connectivity index (χ1v) is 6.80. The number of rotatable bonds is 3. The maximum Gasteiger partial charge on any atom is 0.330 e. The van der Waals surface area contributed by atoms with Crippen molar-refractivity contribution in [3.8, 4) is 0 Å². The van der Waals surface area contributed by atoms with Gasteiger partial charge < -0.3 is 4.74 Å². The number of ether oxygens (including phenoxy) is 1. The Hall–Kier alpha value is -1.62. The van der Waals surface area contributed by atoms with Crippen LogP contribution in [0.4, 0.5) is 0 Å². The molecule has 0 saturated carbocycles. The molecule has 1 rings (SSSR count). The average molecular weight is 254 g/mol. The van der Waals surface area contributed by atoms with Crippen LogP contribution in [0.5, 0.6) is 0 Å². The normalized spacial score (nSPS) is 11.7. The minimum atomic E-state index is -3.31. The molecule has 4 nitrogen and oxygen atoms in total. The van der Waals surface area contributed by atoms with E-state index in [0.29, 0.717) is 5.56 Å². The molecule has 0 heterocycles. The molecule has 0 aliphatic carbocycles. The molecule has 0 spiro atoms. The Kier molecular flexibility index (Phi) is 4.07. The van der Waals surface area contributed by atoms with Gasteiger partial charge in [0.05, 0.1) is 12.0 Å². The number of hydrogen-bond acceptors (Lipinski definition) is 4. The van der Waals surface area contributed by atoms with Crippen LogP contribution >= 0.6 is 0 Å². The monoisotopic (exact) mass is 254 g/mol. The number of sulfone groups is 1. The molecule has 0 aliphatic heterocycles. The second-order valence-corrected chi connectivity index (χ2v) is 5.65. The molecule has 5 heteroatoms. The highest BCUT2D eigenvalue weighted by molar-refractivity contribution is 7.90. The number of carbonyl (C=O) groups is 1. The van der Waals surface area contributed by atoms with Gasteiger partial charge in [-0.3, -0.25) is 0 Å². The fourth-order valence-electron chi connectivity index (χ4n) is 1.33. The van der Waals surface area contributed by atoms with E-state index >= 15 is 0 Å². The van der Waals surface area contributed by atoms with Crippen molar-refractivity contribution >= 4 is 21.9 Å². The van der Waals surface area contributed by atoms with Gasteiger partial charge in [0.2, 0.25) is 0 Å². The van der Waals surface area contributed by atoms with Crippen LogP contribution in [-0.2, 0) is 19.4 Å². The predicted octanol–water partition coefficient (Wildman–Crippen LogP) is 1.58. The zero-order chi connectivity index (χ0) is 13.1. The zero-order valence-corrected chi connectivity index (χ0v) is 10.7. The second-order valence-electron chi connectivity index (χ2n) is 3.67. The maximum atomic E-state index is 11.6. The molecular formula is C12H14O4S. The van der Waals surface area contributed by atoms with Gasteiger partial charge in [-0.2, -0.15) is 0 Å². The van der Waals surface area contributed by atoms with Gasteiger partial charge >= 0.3 is 5.97 Å². The lowest BCUT2D eigenvalue weighted by Gasteiger charge is -2.05. The van der Waals surface area contributed by atoms with Gasteiger partial charge in [-0.1, -0.05) is 12.1 Å². The highest BCUT2D eigenvalue weighted by Gasteiger charge is 2.11. The lowest BCUT2D eigenvalue weighted by Crippen LogP contribution is -2.01. The molecule has 0 unspecified atom stereocenters. The molecule has 1 aromatic rings. The highest BCUT2D eigenvalue weighted by atomic mass is 32.2. The van der Waals surface area contributed by atoms with Crippen LogP contribution in [0, 0.1) is 6.92 Å². The summed E-state index contributed by atoms with van der Waals surface area (Å²) < 4.78 is 27.6. The summed E-state index contributed by atoms with van der Waals surface area (Å²) in [5.74, 6) is -0.523. The van der Waals surface area contributed by atoms with E-state index in [2.05, 4.69) is 4.74 Å². The Morgan fingerprint density at radius 2 is 2.00 bits per heavy atom. The fraction of sp³-hybridized carbons (Fsp3) is 0.250. The van der Waals surface area contributed by atoms with Crippen LogP contribution in [-0.4, -0.2) is 27.8 Å². The van der Waals surface area contributed by atoms with Crippen molar-refractivity contribution in [2.75, 3.05) is 13.4 Å². The topological polar surface area (TPSA) is 60.4 Å². The van der Waals surface area contributed by atoms with Crippen molar-refractivity contribution in [3.63, 3.8) is 0 Å². The zero-order valence-electron chi connectivity index (χ0n) is 9.93. The first-order chi connectivity index (χ1) is 7.84. The molecular weight excluding hydrogens is 240 g/mol. The summed E-state index contributed by atoms with van der Waals surface area (Å²) in [7, 11) is -2.05. The van der Waals surface area contributed by atoms with Crippen LogP contribution in [0.3, 0.4) is 0 Å². The first-order valence-electron chi connectivity index (χ1n) is 4.91. The lowest BCUT2D eigenvalue weighted by molar-refractivity contribution is -0.134. The summed E-state index contributed by atoms with van der Waals surface area (Å²) in [4.78, 5) is 11.2. The van der Waals surface area contributed by atoms with Crippen LogP contribution in [0.25, 0.3) is 6.08 Å². The minimum absolute atomic E-state index is 0.206. The third-order valence-corrected chi connectivity index (χ3v) is 3.32. The molecule has 0 saturated heterocycles. The predicted molar refractivity (Wildman–Crippen MR) is 65.3 cm³/mol. The summed E-state index contributed by atoms with van der Waals surface area (Å²) in [5, 5.41) is 0. The van der Waals surface area contributed by atoms with Crippen molar-refractivity contribution in [2.45, 2.75) is 11.8 Å². The summed E-state index contributed by atoms with van der Waals surface area (Å²) in [6, 6.07) is 5.02. The van der Waals surface area contributed by atoms with E-state index < -0.39 is 15.8 Å². The van der Waals surface area contributed by atoms with E-state index in [0.717, 1.165) is 11.8 Å². The van der Waals surface area contributed by atoms with Crippen molar-refractivity contribution < 1.29 is 17.9 Å². The molecule has 92 valence electrons. The van der Waals surface area contributed by atoms with E-state index in [4.69, 9.17) is 0 Å². The van der Waals surface area contributed by atoms with Gasteiger partial charge in [0.25, 0.3) is 0 Å². The summed E-state index contributed by atoms with van der Waals surface area (Å²) in [5.41, 5.74) is 1.32. The van der Waals surface area contributed by atoms with E-state index in [1.54, 1.807) is 18.2 Å². The van der Waals surface area contributed by atoms with Crippen molar-refractivity contribution in [1.29, 1.82) is 0 Å². The third kappa shape index (κ3) is 3.71. The number of esters is 1. The molecule has 0 amide bonds. The number of aryl methyl sites for hydroxylation is 1. The van der Waals surface area contributed by atoms with E-state index in [-0.39, 0.29) is 4.90 Å². The van der Waals surface area contributed by atoms with Crippen LogP contribution < -0.4 is 0 Å². The van der Waals surface area contributed by atoms with Crippen molar-refractivity contribution in [2.24, 2.45) is 0 Å². The molecule has 1 aromatic carbocycles. The van der Waals surface area contributed by atoms with Gasteiger partial charge in [-0.05, 0) is 30.2 Å². The summed E-state index contributed by atoms with van der Waals surface area (Å²) in [6.07, 6.45) is 3.76. The summed E-state index contributed by atoms with van der Waals surface area (Å²) >= 11 is 0. The van der Waals surface area contributed by atoms with Crippen molar-refractivity contribution in [3.05, 3.63) is 35.4 Å². The molecule has 0 atom stereocenters. The molecule has 0 aromatic heterocycles. The number of methoxy groups -OCH3 is 1. The molecule has 0 radical (unpaired) electrons. The van der Waals surface area contributed by atoms with Gasteiger partial charge in [-0.25, -0.2) is 13.2 Å². The van der Waals surface area contributed by atoms with Gasteiger partial charge in [-0.15, -0.1) is 0 Å². The number of benzene rings is 1. The molecule has 0 bridgehead atoms. The molecule has 17 heavy (non-hydrogen) atoms. The van der Waals surface area contributed by atoms with Gasteiger partial charge in [0.15, 0.2) is 9.84 Å². The smallest absolute Gasteiger partial charge is 0.330 e. The van der Waals surface area contributed by atoms with Gasteiger partial charge in [0.1, 0.15) is 0 Å². The number of carbonyl (C=O) groups excluding carboxylic acids is 1. The van der Waals surface area contributed by atoms with Crippen molar-refractivity contribution in [1.82, 2.24) is 0 Å². The quantitative estimate of drug-likeness (QED) is 0.607. The Morgan fingerprint density at radius 3 is 2.53 bits per heavy atom. The molecule has 0 aliphatic rings. The maximum absolute atomic E-state index is 11.6. The van der Waals surface area contributed by atoms with Crippen LogP contribution in [0.1, 0.15) is 11.1 Å². The lowest BCUT2D eigenvalue weighted by atomic mass is 10.1. The Morgan fingerprint density at radius 1 is 1.35 bits per heavy atom. The summed E-state index contributed by atoms with van der Waals surface area (Å²) in [6.45, 7) is 1.81. The minimum Gasteiger partial charge on any atom is -0.466 e. The first kappa shape index (κ1) is 13.4. The van der Waals surface area contributed by atoms with E-state index in [1.807, 2.05) is 6.92 Å². The third-order valence-electron chi connectivity index (χ3n) is 2.17.